The number of nitrogens with one attached hydrogen (secondary N) is 1. The van der Waals surface area contributed by atoms with Gasteiger partial charge in [0.1, 0.15) is 11.6 Å². The number of piperidine rings is 2. The van der Waals surface area contributed by atoms with Crippen molar-refractivity contribution >= 4 is 29.0 Å². The highest BCUT2D eigenvalue weighted by atomic mass is 16.6. The highest BCUT2D eigenvalue weighted by Gasteiger charge is 2.32. The second-order valence-electron chi connectivity index (χ2n) is 10.1. The Labute approximate surface area is 203 Å². The highest BCUT2D eigenvalue weighted by molar-refractivity contribution is 6.00. The molecule has 10 heteroatoms. The first-order chi connectivity index (χ1) is 16.6. The third-order valence-electron chi connectivity index (χ3n) is 6.28. The molecule has 0 saturated carbocycles. The zero-order valence-electron chi connectivity index (χ0n) is 20.5. The number of aryl methyl sites for hydroxylation is 1. The van der Waals surface area contributed by atoms with E-state index < -0.39 is 23.3 Å². The predicted octanol–water partition coefficient (Wildman–Crippen LogP) is 2.92. The van der Waals surface area contributed by atoms with Crippen molar-refractivity contribution in [3.63, 3.8) is 0 Å². The van der Waals surface area contributed by atoms with E-state index in [0.717, 1.165) is 24.8 Å². The number of hydrogen-bond acceptors (Lipinski definition) is 7. The number of para-hydroxylation sites is 1. The molecule has 2 aliphatic heterocycles. The molecule has 0 radical (unpaired) electrons. The maximum atomic E-state index is 12.6. The number of benzene rings is 1. The van der Waals surface area contributed by atoms with Gasteiger partial charge in [-0.25, -0.2) is 9.59 Å². The molecule has 0 bridgehead atoms. The van der Waals surface area contributed by atoms with Crippen molar-refractivity contribution in [2.75, 3.05) is 19.7 Å². The molecule has 1 N–H and O–H groups in total. The largest absolute Gasteiger partial charge is 0.444 e. The Hall–Kier alpha value is -3.14. The van der Waals surface area contributed by atoms with Crippen LogP contribution in [0, 0.1) is 0 Å². The number of hydrogen-bond donors (Lipinski definition) is 1. The number of amides is 3. The maximum absolute atomic E-state index is 12.6. The van der Waals surface area contributed by atoms with E-state index in [2.05, 4.69) is 5.32 Å². The summed E-state index contributed by atoms with van der Waals surface area (Å²) in [5, 5.41) is 2.29. The molecule has 3 heterocycles. The van der Waals surface area contributed by atoms with Crippen molar-refractivity contribution in [3.05, 3.63) is 34.3 Å². The SMILES string of the molecule is CC(C)(C)OC(=O)N1CCC(OCCCc2cccc3c2oc(=O)n3C2CCC(=O)NC2=O)CC1. The molecule has 1 unspecified atom stereocenters. The summed E-state index contributed by atoms with van der Waals surface area (Å²) in [6.45, 7) is 7.34. The number of oxazole rings is 1. The van der Waals surface area contributed by atoms with Gasteiger partial charge in [-0.15, -0.1) is 0 Å². The molecular formula is C25H33N3O7. The smallest absolute Gasteiger partial charge is 0.420 e. The van der Waals surface area contributed by atoms with Crippen molar-refractivity contribution in [2.45, 2.75) is 77.0 Å². The molecule has 2 aliphatic rings. The molecule has 1 atom stereocenters. The number of carbonyl (C=O) groups is 3. The van der Waals surface area contributed by atoms with E-state index in [4.69, 9.17) is 13.9 Å². The van der Waals surface area contributed by atoms with Crippen LogP contribution in [-0.4, -0.2) is 58.8 Å². The van der Waals surface area contributed by atoms with Crippen molar-refractivity contribution in [3.8, 4) is 0 Å². The predicted molar refractivity (Wildman–Crippen MR) is 127 cm³/mol. The van der Waals surface area contributed by atoms with Gasteiger partial charge in [-0.2, -0.15) is 0 Å². The van der Waals surface area contributed by atoms with Gasteiger partial charge in [-0.3, -0.25) is 19.5 Å². The number of carbonyl (C=O) groups excluding carboxylic acids is 3. The second-order valence-corrected chi connectivity index (χ2v) is 10.1. The minimum Gasteiger partial charge on any atom is -0.444 e. The number of likely N-dealkylation sites (tertiary alicyclic amines) is 1. The van der Waals surface area contributed by atoms with Crippen molar-refractivity contribution in [1.29, 1.82) is 0 Å². The Bertz CT molecular complexity index is 1150. The van der Waals surface area contributed by atoms with Crippen LogP contribution >= 0.6 is 0 Å². The molecular weight excluding hydrogens is 454 g/mol. The molecule has 1 aromatic heterocycles. The van der Waals surface area contributed by atoms with Crippen LogP contribution in [0.3, 0.4) is 0 Å². The topological polar surface area (TPSA) is 120 Å². The van der Waals surface area contributed by atoms with Gasteiger partial charge in [0.2, 0.25) is 11.8 Å². The number of ether oxygens (including phenoxy) is 2. The van der Waals surface area contributed by atoms with E-state index in [-0.39, 0.29) is 30.9 Å². The monoisotopic (exact) mass is 487 g/mol. The van der Waals surface area contributed by atoms with Crippen LogP contribution in [0.4, 0.5) is 4.79 Å². The lowest BCUT2D eigenvalue weighted by molar-refractivity contribution is -0.135. The lowest BCUT2D eigenvalue weighted by atomic mass is 10.0. The van der Waals surface area contributed by atoms with Gasteiger partial charge in [0.15, 0.2) is 5.58 Å². The van der Waals surface area contributed by atoms with Gasteiger partial charge in [-0.1, -0.05) is 12.1 Å². The Morgan fingerprint density at radius 1 is 1.14 bits per heavy atom. The fraction of sp³-hybridized carbons (Fsp3) is 0.600. The molecule has 10 nitrogen and oxygen atoms in total. The zero-order valence-corrected chi connectivity index (χ0v) is 20.5. The fourth-order valence-electron chi connectivity index (χ4n) is 4.58. The molecule has 2 saturated heterocycles. The number of nitrogens with zero attached hydrogens (tertiary/aromatic N) is 2. The van der Waals surface area contributed by atoms with Crippen LogP contribution in [0.15, 0.2) is 27.4 Å². The van der Waals surface area contributed by atoms with Gasteiger partial charge < -0.3 is 18.8 Å². The third kappa shape index (κ3) is 5.93. The van der Waals surface area contributed by atoms with Crippen LogP contribution in [0.5, 0.6) is 0 Å². The summed E-state index contributed by atoms with van der Waals surface area (Å²) in [4.78, 5) is 50.3. The molecule has 0 aliphatic carbocycles. The van der Waals surface area contributed by atoms with Gasteiger partial charge in [0.05, 0.1) is 11.6 Å². The molecule has 35 heavy (non-hydrogen) atoms. The molecule has 1 aromatic carbocycles. The first kappa shape index (κ1) is 25.0. The van der Waals surface area contributed by atoms with Crippen LogP contribution < -0.4 is 11.1 Å². The summed E-state index contributed by atoms with van der Waals surface area (Å²) in [7, 11) is 0. The molecule has 3 amide bonds. The summed E-state index contributed by atoms with van der Waals surface area (Å²) in [5.74, 6) is -1.42. The van der Waals surface area contributed by atoms with E-state index in [0.29, 0.717) is 37.2 Å². The van der Waals surface area contributed by atoms with Crippen molar-refractivity contribution in [2.24, 2.45) is 0 Å². The lowest BCUT2D eigenvalue weighted by Gasteiger charge is -2.33. The highest BCUT2D eigenvalue weighted by Crippen LogP contribution is 2.26. The van der Waals surface area contributed by atoms with Crippen LogP contribution in [0.1, 0.15) is 64.5 Å². The minimum atomic E-state index is -0.758. The standard InChI is InChI=1S/C25H33N3O7/c1-25(2,3)35-23(31)27-13-11-17(12-14-27)33-15-5-7-16-6-4-8-18-21(16)34-24(32)28(18)19-9-10-20(29)26-22(19)30/h4,6,8,17,19H,5,7,9-15H2,1-3H3,(H,26,29,30). The Balaban J connectivity index is 1.30. The molecule has 2 aromatic rings. The summed E-state index contributed by atoms with van der Waals surface area (Å²) in [6.07, 6.45) is 3.17. The number of imide groups is 1. The summed E-state index contributed by atoms with van der Waals surface area (Å²) in [6, 6.07) is 4.73. The average molecular weight is 488 g/mol. The normalized spacial score (nSPS) is 19.7. The second kappa shape index (κ2) is 10.2. The van der Waals surface area contributed by atoms with Gasteiger partial charge in [0.25, 0.3) is 0 Å². The Morgan fingerprint density at radius 2 is 1.89 bits per heavy atom. The summed E-state index contributed by atoms with van der Waals surface area (Å²) < 4.78 is 18.3. The van der Waals surface area contributed by atoms with Gasteiger partial charge >= 0.3 is 11.8 Å². The first-order valence-corrected chi connectivity index (χ1v) is 12.2. The van der Waals surface area contributed by atoms with E-state index in [1.54, 1.807) is 11.0 Å². The van der Waals surface area contributed by atoms with E-state index in [1.807, 2.05) is 32.9 Å². The first-order valence-electron chi connectivity index (χ1n) is 12.2. The van der Waals surface area contributed by atoms with E-state index in [1.165, 1.54) is 4.57 Å². The summed E-state index contributed by atoms with van der Waals surface area (Å²) >= 11 is 0. The third-order valence-corrected chi connectivity index (χ3v) is 6.28. The van der Waals surface area contributed by atoms with Crippen LogP contribution in [0.25, 0.3) is 11.1 Å². The summed E-state index contributed by atoms with van der Waals surface area (Å²) in [5.41, 5.74) is 1.38. The van der Waals surface area contributed by atoms with E-state index in [9.17, 15) is 19.2 Å². The Kier molecular flexibility index (Phi) is 7.30. The number of rotatable bonds is 6. The molecule has 190 valence electrons. The number of aromatic nitrogens is 1. The van der Waals surface area contributed by atoms with Crippen molar-refractivity contribution in [1.82, 2.24) is 14.8 Å². The van der Waals surface area contributed by atoms with Crippen LogP contribution in [-0.2, 0) is 25.5 Å². The lowest BCUT2D eigenvalue weighted by Crippen LogP contribution is -2.43. The average Bonchev–Trinajstić information content (AvgIpc) is 3.12. The zero-order chi connectivity index (χ0) is 25.2. The maximum Gasteiger partial charge on any atom is 0.420 e. The fourth-order valence-corrected chi connectivity index (χ4v) is 4.58. The molecule has 2 fully saturated rings. The quantitative estimate of drug-likeness (QED) is 0.491. The molecule has 0 spiro atoms. The van der Waals surface area contributed by atoms with Gasteiger partial charge in [-0.05, 0) is 64.5 Å². The van der Waals surface area contributed by atoms with Gasteiger partial charge in [0, 0.05) is 26.1 Å². The minimum absolute atomic E-state index is 0.0935. The van der Waals surface area contributed by atoms with Crippen molar-refractivity contribution < 1.29 is 28.3 Å². The Morgan fingerprint density at radius 3 is 2.57 bits per heavy atom. The molecule has 4 rings (SSSR count). The van der Waals surface area contributed by atoms with Crippen LogP contribution in [0.2, 0.25) is 0 Å². The number of fused-ring (bicyclic) bond motifs is 1. The van der Waals surface area contributed by atoms with E-state index >= 15 is 0 Å².